The Morgan fingerprint density at radius 2 is 2.15 bits per heavy atom. The lowest BCUT2D eigenvalue weighted by Gasteiger charge is -2.27. The topological polar surface area (TPSA) is 29.5 Å². The van der Waals surface area contributed by atoms with Crippen LogP contribution in [0.4, 0.5) is 0 Å². The highest BCUT2D eigenvalue weighted by molar-refractivity contribution is 5.79. The summed E-state index contributed by atoms with van der Waals surface area (Å²) in [6, 6.07) is 0. The number of carbonyl (C=O) groups excluding carboxylic acids is 1. The Morgan fingerprint density at radius 3 is 2.77 bits per heavy atom. The van der Waals surface area contributed by atoms with Gasteiger partial charge in [-0.25, -0.2) is 0 Å². The molecule has 0 saturated carbocycles. The van der Waals surface area contributed by atoms with Gasteiger partial charge in [-0.05, 0) is 12.8 Å². The number of ether oxygens (including phenoxy) is 1. The maximum Gasteiger partial charge on any atom is 0.135 e. The van der Waals surface area contributed by atoms with Gasteiger partial charge < -0.3 is 4.74 Å². The van der Waals surface area contributed by atoms with Crippen molar-refractivity contribution in [3.8, 4) is 0 Å². The predicted octanol–water partition coefficient (Wildman–Crippen LogP) is 0.830. The minimum Gasteiger partial charge on any atom is -0.377 e. The molecule has 13 heavy (non-hydrogen) atoms. The van der Waals surface area contributed by atoms with Crippen molar-refractivity contribution in [1.82, 2.24) is 4.90 Å². The third kappa shape index (κ3) is 2.51. The van der Waals surface area contributed by atoms with Gasteiger partial charge in [-0.3, -0.25) is 9.69 Å². The fourth-order valence-electron chi connectivity index (χ4n) is 2.06. The van der Waals surface area contributed by atoms with Crippen LogP contribution in [0, 0.1) is 0 Å². The summed E-state index contributed by atoms with van der Waals surface area (Å²) in [5.74, 6) is 0.420. The Kier molecular flexibility index (Phi) is 2.96. The lowest BCUT2D eigenvalue weighted by molar-refractivity contribution is -0.121. The van der Waals surface area contributed by atoms with E-state index in [4.69, 9.17) is 4.74 Å². The maximum absolute atomic E-state index is 11.0. The zero-order valence-corrected chi connectivity index (χ0v) is 8.00. The molecule has 2 saturated heterocycles. The summed E-state index contributed by atoms with van der Waals surface area (Å²) in [6.07, 6.45) is 4.33. The SMILES string of the molecule is O=C1CCN(C[C@@H]2CCCO2)CC1. The van der Waals surface area contributed by atoms with Crippen LogP contribution in [0.25, 0.3) is 0 Å². The van der Waals surface area contributed by atoms with E-state index in [0.29, 0.717) is 11.9 Å². The summed E-state index contributed by atoms with van der Waals surface area (Å²) in [7, 11) is 0. The second-order valence-electron chi connectivity index (χ2n) is 3.97. The predicted molar refractivity (Wildman–Crippen MR) is 49.7 cm³/mol. The Balaban J connectivity index is 1.72. The number of hydrogen-bond acceptors (Lipinski definition) is 3. The highest BCUT2D eigenvalue weighted by atomic mass is 16.5. The number of nitrogens with zero attached hydrogens (tertiary/aromatic N) is 1. The maximum atomic E-state index is 11.0. The van der Waals surface area contributed by atoms with Crippen molar-refractivity contribution in [1.29, 1.82) is 0 Å². The number of piperidine rings is 1. The molecule has 0 N–H and O–H groups in total. The van der Waals surface area contributed by atoms with Gasteiger partial charge in [0.15, 0.2) is 0 Å². The molecule has 2 heterocycles. The van der Waals surface area contributed by atoms with Crippen molar-refractivity contribution in [3.05, 3.63) is 0 Å². The van der Waals surface area contributed by atoms with Crippen LogP contribution < -0.4 is 0 Å². The Bertz CT molecular complexity index is 177. The van der Waals surface area contributed by atoms with Gasteiger partial charge in [0.05, 0.1) is 6.10 Å². The zero-order valence-electron chi connectivity index (χ0n) is 8.00. The van der Waals surface area contributed by atoms with Gasteiger partial charge in [0, 0.05) is 39.1 Å². The molecule has 0 aromatic rings. The van der Waals surface area contributed by atoms with Crippen molar-refractivity contribution in [3.63, 3.8) is 0 Å². The number of likely N-dealkylation sites (tertiary alicyclic amines) is 1. The van der Waals surface area contributed by atoms with Crippen molar-refractivity contribution < 1.29 is 9.53 Å². The molecule has 2 aliphatic rings. The highest BCUT2D eigenvalue weighted by Crippen LogP contribution is 2.15. The molecule has 2 fully saturated rings. The monoisotopic (exact) mass is 183 g/mol. The second-order valence-corrected chi connectivity index (χ2v) is 3.97. The average molecular weight is 183 g/mol. The van der Waals surface area contributed by atoms with Crippen LogP contribution in [0.3, 0.4) is 0 Å². The average Bonchev–Trinajstić information content (AvgIpc) is 2.62. The third-order valence-electron chi connectivity index (χ3n) is 2.90. The van der Waals surface area contributed by atoms with E-state index in [1.54, 1.807) is 0 Å². The van der Waals surface area contributed by atoms with Crippen molar-refractivity contribution in [2.75, 3.05) is 26.2 Å². The molecule has 3 nitrogen and oxygen atoms in total. The largest absolute Gasteiger partial charge is 0.377 e. The minimum atomic E-state index is 0.420. The third-order valence-corrected chi connectivity index (χ3v) is 2.90. The smallest absolute Gasteiger partial charge is 0.135 e. The Labute approximate surface area is 79.0 Å². The van der Waals surface area contributed by atoms with Gasteiger partial charge in [0.1, 0.15) is 5.78 Å². The molecule has 0 spiro atoms. The molecule has 2 rings (SSSR count). The molecule has 74 valence electrons. The van der Waals surface area contributed by atoms with E-state index in [1.807, 2.05) is 0 Å². The molecule has 0 aromatic heterocycles. The van der Waals surface area contributed by atoms with E-state index in [-0.39, 0.29) is 0 Å². The van der Waals surface area contributed by atoms with Gasteiger partial charge in [-0.2, -0.15) is 0 Å². The molecule has 0 aliphatic carbocycles. The lowest BCUT2D eigenvalue weighted by Crippen LogP contribution is -2.38. The van der Waals surface area contributed by atoms with Crippen LogP contribution in [-0.4, -0.2) is 43.0 Å². The summed E-state index contributed by atoms with van der Waals surface area (Å²) < 4.78 is 5.56. The number of rotatable bonds is 2. The molecule has 0 amide bonds. The molecule has 0 bridgehead atoms. The highest BCUT2D eigenvalue weighted by Gasteiger charge is 2.22. The van der Waals surface area contributed by atoms with E-state index >= 15 is 0 Å². The van der Waals surface area contributed by atoms with Crippen LogP contribution in [0.15, 0.2) is 0 Å². The van der Waals surface area contributed by atoms with Gasteiger partial charge in [0.25, 0.3) is 0 Å². The van der Waals surface area contributed by atoms with Crippen LogP contribution in [0.2, 0.25) is 0 Å². The van der Waals surface area contributed by atoms with Crippen LogP contribution in [0.1, 0.15) is 25.7 Å². The Hall–Kier alpha value is -0.410. The van der Waals surface area contributed by atoms with Crippen LogP contribution in [-0.2, 0) is 9.53 Å². The molecule has 0 unspecified atom stereocenters. The zero-order chi connectivity index (χ0) is 9.10. The normalized spacial score (nSPS) is 31.1. The van der Waals surface area contributed by atoms with E-state index in [1.165, 1.54) is 12.8 Å². The van der Waals surface area contributed by atoms with Crippen molar-refractivity contribution in [2.45, 2.75) is 31.8 Å². The molecular weight excluding hydrogens is 166 g/mol. The first-order valence-electron chi connectivity index (χ1n) is 5.20. The summed E-state index contributed by atoms with van der Waals surface area (Å²) in [5.41, 5.74) is 0. The summed E-state index contributed by atoms with van der Waals surface area (Å²) in [4.78, 5) is 13.3. The first-order chi connectivity index (χ1) is 6.34. The van der Waals surface area contributed by atoms with Gasteiger partial charge in [-0.1, -0.05) is 0 Å². The summed E-state index contributed by atoms with van der Waals surface area (Å²) >= 11 is 0. The van der Waals surface area contributed by atoms with Crippen molar-refractivity contribution in [2.24, 2.45) is 0 Å². The first kappa shape index (κ1) is 9.16. The van der Waals surface area contributed by atoms with Crippen LogP contribution >= 0.6 is 0 Å². The number of ketones is 1. The van der Waals surface area contributed by atoms with E-state index in [9.17, 15) is 4.79 Å². The van der Waals surface area contributed by atoms with E-state index in [0.717, 1.165) is 39.1 Å². The van der Waals surface area contributed by atoms with E-state index < -0.39 is 0 Å². The minimum absolute atomic E-state index is 0.420. The van der Waals surface area contributed by atoms with E-state index in [2.05, 4.69) is 4.90 Å². The van der Waals surface area contributed by atoms with Crippen LogP contribution in [0.5, 0.6) is 0 Å². The first-order valence-corrected chi connectivity index (χ1v) is 5.20. The fraction of sp³-hybridized carbons (Fsp3) is 0.900. The summed E-state index contributed by atoms with van der Waals surface area (Å²) in [6.45, 7) is 3.85. The van der Waals surface area contributed by atoms with Gasteiger partial charge in [0.2, 0.25) is 0 Å². The standard InChI is InChI=1S/C10H17NO2/c12-9-3-5-11(6-4-9)8-10-2-1-7-13-10/h10H,1-8H2/t10-/m0/s1. The number of carbonyl (C=O) groups is 1. The fourth-order valence-corrected chi connectivity index (χ4v) is 2.06. The summed E-state index contributed by atoms with van der Waals surface area (Å²) in [5, 5.41) is 0. The second kappa shape index (κ2) is 4.20. The van der Waals surface area contributed by atoms with Crippen molar-refractivity contribution >= 4 is 5.78 Å². The molecule has 3 heteroatoms. The molecular formula is C10H17NO2. The molecule has 0 radical (unpaired) electrons. The number of hydrogen-bond donors (Lipinski definition) is 0. The number of Topliss-reactive ketones (excluding diaryl/α,β-unsaturated/α-hetero) is 1. The van der Waals surface area contributed by atoms with Gasteiger partial charge in [-0.15, -0.1) is 0 Å². The quantitative estimate of drug-likeness (QED) is 0.635. The molecule has 0 aromatic carbocycles. The van der Waals surface area contributed by atoms with Gasteiger partial charge >= 0.3 is 0 Å². The molecule has 2 aliphatic heterocycles. The molecule has 1 atom stereocenters. The lowest BCUT2D eigenvalue weighted by atomic mass is 10.1. The Morgan fingerprint density at radius 1 is 1.38 bits per heavy atom.